The van der Waals surface area contributed by atoms with E-state index in [2.05, 4.69) is 28.6 Å². The standard InChI is InChI=1S/C15H19N3O/c1-16-10-11-7-9-19-15-12(11)4-3-5-13(15)14-6-8-18(2)17-14/h3-6,8,11,16H,7,9-10H2,1-2H3/t11-/m0/s1. The van der Waals surface area contributed by atoms with Crippen molar-refractivity contribution in [2.24, 2.45) is 7.05 Å². The Balaban J connectivity index is 2.05. The van der Waals surface area contributed by atoms with E-state index in [-0.39, 0.29) is 0 Å². The lowest BCUT2D eigenvalue weighted by atomic mass is 9.90. The van der Waals surface area contributed by atoms with Gasteiger partial charge >= 0.3 is 0 Å². The maximum absolute atomic E-state index is 5.92. The summed E-state index contributed by atoms with van der Waals surface area (Å²) in [5.41, 5.74) is 3.37. The zero-order chi connectivity index (χ0) is 13.2. The number of benzene rings is 1. The normalized spacial score (nSPS) is 17.9. The molecule has 1 atom stereocenters. The van der Waals surface area contributed by atoms with Gasteiger partial charge in [0, 0.05) is 31.3 Å². The van der Waals surface area contributed by atoms with Crippen molar-refractivity contribution in [3.8, 4) is 17.0 Å². The molecule has 0 radical (unpaired) electrons. The van der Waals surface area contributed by atoms with Crippen molar-refractivity contribution in [3.05, 3.63) is 36.0 Å². The second kappa shape index (κ2) is 5.05. The van der Waals surface area contributed by atoms with Crippen LogP contribution in [0.15, 0.2) is 30.5 Å². The van der Waals surface area contributed by atoms with Crippen LogP contribution >= 0.6 is 0 Å². The van der Waals surface area contributed by atoms with E-state index >= 15 is 0 Å². The van der Waals surface area contributed by atoms with Gasteiger partial charge in [0.2, 0.25) is 0 Å². The number of hydrogen-bond donors (Lipinski definition) is 1. The number of aryl methyl sites for hydroxylation is 1. The Morgan fingerprint density at radius 3 is 3.05 bits per heavy atom. The second-order valence-corrected chi connectivity index (χ2v) is 4.99. The molecule has 1 N–H and O–H groups in total. The lowest BCUT2D eigenvalue weighted by Crippen LogP contribution is -2.23. The molecule has 19 heavy (non-hydrogen) atoms. The van der Waals surface area contributed by atoms with Crippen LogP contribution in [-0.2, 0) is 7.05 Å². The van der Waals surface area contributed by atoms with Gasteiger partial charge in [0.15, 0.2) is 0 Å². The van der Waals surface area contributed by atoms with Gasteiger partial charge in [-0.15, -0.1) is 0 Å². The first kappa shape index (κ1) is 12.2. The Labute approximate surface area is 113 Å². The number of para-hydroxylation sites is 1. The lowest BCUT2D eigenvalue weighted by molar-refractivity contribution is 0.267. The van der Waals surface area contributed by atoms with Crippen molar-refractivity contribution in [1.82, 2.24) is 15.1 Å². The minimum absolute atomic E-state index is 0.525. The molecule has 0 bridgehead atoms. The highest BCUT2D eigenvalue weighted by atomic mass is 16.5. The highest BCUT2D eigenvalue weighted by molar-refractivity contribution is 5.69. The molecule has 0 fully saturated rings. The highest BCUT2D eigenvalue weighted by Crippen LogP contribution is 2.40. The van der Waals surface area contributed by atoms with Crippen molar-refractivity contribution in [2.45, 2.75) is 12.3 Å². The summed E-state index contributed by atoms with van der Waals surface area (Å²) in [6.45, 7) is 1.77. The molecule has 0 unspecified atom stereocenters. The van der Waals surface area contributed by atoms with Crippen LogP contribution in [0.1, 0.15) is 17.9 Å². The van der Waals surface area contributed by atoms with E-state index in [9.17, 15) is 0 Å². The van der Waals surface area contributed by atoms with Crippen molar-refractivity contribution in [2.75, 3.05) is 20.2 Å². The molecule has 1 aromatic carbocycles. The molecule has 0 aliphatic carbocycles. The maximum atomic E-state index is 5.92. The molecule has 1 aromatic heterocycles. The largest absolute Gasteiger partial charge is 0.493 e. The zero-order valence-corrected chi connectivity index (χ0v) is 11.4. The van der Waals surface area contributed by atoms with Crippen molar-refractivity contribution >= 4 is 0 Å². The molecule has 3 rings (SSSR count). The van der Waals surface area contributed by atoms with Gasteiger partial charge in [0.25, 0.3) is 0 Å². The topological polar surface area (TPSA) is 39.1 Å². The molecular weight excluding hydrogens is 238 g/mol. The van der Waals surface area contributed by atoms with Crippen LogP contribution in [0.3, 0.4) is 0 Å². The summed E-state index contributed by atoms with van der Waals surface area (Å²) in [4.78, 5) is 0. The van der Waals surface area contributed by atoms with E-state index in [1.807, 2.05) is 31.0 Å². The molecule has 0 amide bonds. The van der Waals surface area contributed by atoms with Gasteiger partial charge in [-0.25, -0.2) is 0 Å². The van der Waals surface area contributed by atoms with Crippen molar-refractivity contribution < 1.29 is 4.74 Å². The summed E-state index contributed by atoms with van der Waals surface area (Å²) in [6.07, 6.45) is 3.03. The number of fused-ring (bicyclic) bond motifs is 1. The molecule has 1 aliphatic heterocycles. The van der Waals surface area contributed by atoms with Crippen LogP contribution in [0.5, 0.6) is 5.75 Å². The summed E-state index contributed by atoms with van der Waals surface area (Å²) in [7, 11) is 3.93. The third-order valence-corrected chi connectivity index (χ3v) is 3.64. The Bertz CT molecular complexity index is 577. The predicted molar refractivity (Wildman–Crippen MR) is 75.4 cm³/mol. The molecule has 4 nitrogen and oxygen atoms in total. The average molecular weight is 257 g/mol. The Kier molecular flexibility index (Phi) is 3.25. The van der Waals surface area contributed by atoms with Crippen LogP contribution < -0.4 is 10.1 Å². The van der Waals surface area contributed by atoms with Crippen molar-refractivity contribution in [3.63, 3.8) is 0 Å². The van der Waals surface area contributed by atoms with E-state index in [0.29, 0.717) is 5.92 Å². The van der Waals surface area contributed by atoms with Crippen LogP contribution in [0.2, 0.25) is 0 Å². The minimum atomic E-state index is 0.525. The molecule has 0 saturated carbocycles. The molecule has 0 saturated heterocycles. The zero-order valence-electron chi connectivity index (χ0n) is 11.4. The third-order valence-electron chi connectivity index (χ3n) is 3.64. The summed E-state index contributed by atoms with van der Waals surface area (Å²) in [6, 6.07) is 8.38. The number of nitrogens with zero attached hydrogens (tertiary/aromatic N) is 2. The molecule has 0 spiro atoms. The van der Waals surface area contributed by atoms with E-state index in [4.69, 9.17) is 4.74 Å². The Morgan fingerprint density at radius 1 is 1.42 bits per heavy atom. The fourth-order valence-corrected chi connectivity index (χ4v) is 2.72. The van der Waals surface area contributed by atoms with Gasteiger partial charge in [0.05, 0.1) is 12.3 Å². The number of rotatable bonds is 3. The number of likely N-dealkylation sites (N-methyl/N-ethyl adjacent to an activating group) is 1. The second-order valence-electron chi connectivity index (χ2n) is 4.99. The number of hydrogen-bond acceptors (Lipinski definition) is 3. The minimum Gasteiger partial charge on any atom is -0.493 e. The predicted octanol–water partition coefficient (Wildman–Crippen LogP) is 2.17. The maximum Gasteiger partial charge on any atom is 0.132 e. The molecule has 2 heterocycles. The fourth-order valence-electron chi connectivity index (χ4n) is 2.72. The average Bonchev–Trinajstić information content (AvgIpc) is 2.85. The van der Waals surface area contributed by atoms with Gasteiger partial charge in [-0.2, -0.15) is 5.10 Å². The lowest BCUT2D eigenvalue weighted by Gasteiger charge is -2.27. The SMILES string of the molecule is CNC[C@@H]1CCOc2c(-c3ccn(C)n3)cccc21. The molecular formula is C15H19N3O. The summed E-state index contributed by atoms with van der Waals surface area (Å²) in [5.74, 6) is 1.53. The summed E-state index contributed by atoms with van der Waals surface area (Å²) >= 11 is 0. The van der Waals surface area contributed by atoms with E-state index < -0.39 is 0 Å². The number of aromatic nitrogens is 2. The van der Waals surface area contributed by atoms with Crippen molar-refractivity contribution in [1.29, 1.82) is 0 Å². The van der Waals surface area contributed by atoms with E-state index in [1.54, 1.807) is 0 Å². The van der Waals surface area contributed by atoms with Gasteiger partial charge in [-0.3, -0.25) is 4.68 Å². The van der Waals surface area contributed by atoms with E-state index in [1.165, 1.54) is 5.56 Å². The summed E-state index contributed by atoms with van der Waals surface area (Å²) in [5, 5.41) is 7.75. The Hall–Kier alpha value is -1.81. The molecule has 100 valence electrons. The molecule has 4 heteroatoms. The van der Waals surface area contributed by atoms with Crippen LogP contribution in [0.25, 0.3) is 11.3 Å². The quantitative estimate of drug-likeness (QED) is 0.916. The Morgan fingerprint density at radius 2 is 2.32 bits per heavy atom. The van der Waals surface area contributed by atoms with Gasteiger partial charge in [0.1, 0.15) is 5.75 Å². The smallest absolute Gasteiger partial charge is 0.132 e. The monoisotopic (exact) mass is 257 g/mol. The molecule has 2 aromatic rings. The summed E-state index contributed by atoms with van der Waals surface area (Å²) < 4.78 is 7.74. The first-order valence-electron chi connectivity index (χ1n) is 6.70. The third kappa shape index (κ3) is 2.24. The van der Waals surface area contributed by atoms with Gasteiger partial charge in [-0.05, 0) is 31.2 Å². The number of nitrogens with one attached hydrogen (secondary N) is 1. The molecule has 1 aliphatic rings. The fraction of sp³-hybridized carbons (Fsp3) is 0.400. The first-order valence-corrected chi connectivity index (χ1v) is 6.70. The highest BCUT2D eigenvalue weighted by Gasteiger charge is 2.24. The van der Waals surface area contributed by atoms with E-state index in [0.717, 1.165) is 36.6 Å². The van der Waals surface area contributed by atoms with Gasteiger partial charge in [-0.1, -0.05) is 12.1 Å². The van der Waals surface area contributed by atoms with Crippen LogP contribution in [0.4, 0.5) is 0 Å². The van der Waals surface area contributed by atoms with Crippen LogP contribution in [-0.4, -0.2) is 30.0 Å². The number of ether oxygens (including phenoxy) is 1. The first-order chi connectivity index (χ1) is 9.29. The van der Waals surface area contributed by atoms with Crippen LogP contribution in [0, 0.1) is 0 Å². The van der Waals surface area contributed by atoms with Gasteiger partial charge < -0.3 is 10.1 Å².